The molecule has 3 N–H and O–H groups in total. The van der Waals surface area contributed by atoms with Crippen molar-refractivity contribution in [2.45, 2.75) is 19.6 Å². The molecule has 0 unspecified atom stereocenters. The van der Waals surface area contributed by atoms with Crippen LogP contribution in [0.25, 0.3) is 0 Å². The van der Waals surface area contributed by atoms with E-state index in [0.29, 0.717) is 11.4 Å². The van der Waals surface area contributed by atoms with Crippen molar-refractivity contribution < 1.29 is 18.7 Å². The lowest BCUT2D eigenvalue weighted by Crippen LogP contribution is -2.35. The van der Waals surface area contributed by atoms with Gasteiger partial charge in [-0.3, -0.25) is 4.79 Å². The summed E-state index contributed by atoms with van der Waals surface area (Å²) in [5.41, 5.74) is 6.10. The standard InChI is InChI=1S/C15H15ClN2O4/c1-9(14(19)18-8-11-3-2-6-21-11)22-15(20)12-7-10(17)4-5-13(12)16/h2-7,9H,8,17H2,1H3,(H,18,19)/t9-/m1/s1. The summed E-state index contributed by atoms with van der Waals surface area (Å²) in [5, 5.41) is 2.81. The summed E-state index contributed by atoms with van der Waals surface area (Å²) in [6.45, 7) is 1.68. The second-order valence-corrected chi connectivity index (χ2v) is 4.99. The van der Waals surface area contributed by atoms with Crippen LogP contribution in [0.15, 0.2) is 41.0 Å². The molecule has 0 bridgehead atoms. The van der Waals surface area contributed by atoms with Gasteiger partial charge in [0.2, 0.25) is 0 Å². The molecule has 0 aliphatic heterocycles. The normalized spacial score (nSPS) is 11.7. The first kappa shape index (κ1) is 15.9. The molecule has 22 heavy (non-hydrogen) atoms. The second kappa shape index (κ2) is 7.00. The van der Waals surface area contributed by atoms with Gasteiger partial charge >= 0.3 is 5.97 Å². The molecule has 0 aliphatic rings. The first-order chi connectivity index (χ1) is 10.5. The highest BCUT2D eigenvalue weighted by Gasteiger charge is 2.20. The van der Waals surface area contributed by atoms with E-state index in [-0.39, 0.29) is 17.1 Å². The third-order valence-electron chi connectivity index (χ3n) is 2.88. The van der Waals surface area contributed by atoms with E-state index in [4.69, 9.17) is 26.5 Å². The Bertz CT molecular complexity index is 670. The fourth-order valence-corrected chi connectivity index (χ4v) is 1.90. The zero-order valence-electron chi connectivity index (χ0n) is 11.8. The third kappa shape index (κ3) is 4.02. The van der Waals surface area contributed by atoms with Crippen molar-refractivity contribution in [3.8, 4) is 0 Å². The molecular weight excluding hydrogens is 308 g/mol. The highest BCUT2D eigenvalue weighted by molar-refractivity contribution is 6.33. The number of benzene rings is 1. The lowest BCUT2D eigenvalue weighted by molar-refractivity contribution is -0.129. The maximum Gasteiger partial charge on any atom is 0.340 e. The van der Waals surface area contributed by atoms with E-state index in [0.717, 1.165) is 0 Å². The number of anilines is 1. The molecule has 1 aromatic heterocycles. The van der Waals surface area contributed by atoms with Crippen LogP contribution in [0.4, 0.5) is 5.69 Å². The molecule has 0 radical (unpaired) electrons. The largest absolute Gasteiger partial charge is 0.467 e. The summed E-state index contributed by atoms with van der Waals surface area (Å²) in [4.78, 5) is 23.9. The number of halogens is 1. The molecule has 2 aromatic rings. The van der Waals surface area contributed by atoms with Crippen molar-refractivity contribution in [2.75, 3.05) is 5.73 Å². The van der Waals surface area contributed by atoms with Gasteiger partial charge < -0.3 is 20.2 Å². The highest BCUT2D eigenvalue weighted by atomic mass is 35.5. The van der Waals surface area contributed by atoms with Crippen molar-refractivity contribution in [3.05, 3.63) is 52.9 Å². The van der Waals surface area contributed by atoms with E-state index in [1.165, 1.54) is 25.3 Å². The Morgan fingerprint density at radius 3 is 2.86 bits per heavy atom. The zero-order valence-corrected chi connectivity index (χ0v) is 12.6. The Morgan fingerprint density at radius 2 is 2.18 bits per heavy atom. The van der Waals surface area contributed by atoms with E-state index >= 15 is 0 Å². The molecule has 0 aliphatic carbocycles. The molecule has 0 saturated heterocycles. The van der Waals surface area contributed by atoms with E-state index in [9.17, 15) is 9.59 Å². The van der Waals surface area contributed by atoms with Crippen molar-refractivity contribution in [1.82, 2.24) is 5.32 Å². The number of hydrogen-bond donors (Lipinski definition) is 2. The Labute approximate surface area is 132 Å². The average molecular weight is 323 g/mol. The zero-order chi connectivity index (χ0) is 16.1. The van der Waals surface area contributed by atoms with Gasteiger partial charge in [0.15, 0.2) is 6.10 Å². The number of carbonyl (C=O) groups excluding carboxylic acids is 2. The van der Waals surface area contributed by atoms with Crippen LogP contribution < -0.4 is 11.1 Å². The number of furan rings is 1. The van der Waals surface area contributed by atoms with Gasteiger partial charge in [0.25, 0.3) is 5.91 Å². The summed E-state index contributed by atoms with van der Waals surface area (Å²) in [7, 11) is 0. The SMILES string of the molecule is C[C@@H](OC(=O)c1cc(N)ccc1Cl)C(=O)NCc1ccco1. The van der Waals surface area contributed by atoms with Crippen LogP contribution in [0.5, 0.6) is 0 Å². The predicted octanol–water partition coefficient (Wildman–Crippen LogP) is 2.38. The Kier molecular flexibility index (Phi) is 5.06. The van der Waals surface area contributed by atoms with Crippen LogP contribution in [0, 0.1) is 0 Å². The molecular formula is C15H15ClN2O4. The molecule has 1 heterocycles. The molecule has 2 rings (SSSR count). The summed E-state index contributed by atoms with van der Waals surface area (Å²) in [5.74, 6) is -0.548. The minimum absolute atomic E-state index is 0.118. The van der Waals surface area contributed by atoms with Crippen molar-refractivity contribution in [2.24, 2.45) is 0 Å². The number of carbonyl (C=O) groups is 2. The maximum atomic E-state index is 12.0. The van der Waals surface area contributed by atoms with Crippen LogP contribution in [-0.4, -0.2) is 18.0 Å². The van der Waals surface area contributed by atoms with Gasteiger partial charge in [-0.25, -0.2) is 4.79 Å². The number of nitrogen functional groups attached to an aromatic ring is 1. The third-order valence-corrected chi connectivity index (χ3v) is 3.21. The van der Waals surface area contributed by atoms with Gasteiger partial charge in [0.1, 0.15) is 5.76 Å². The molecule has 0 fully saturated rings. The molecule has 116 valence electrons. The van der Waals surface area contributed by atoms with Crippen LogP contribution in [-0.2, 0) is 16.1 Å². The van der Waals surface area contributed by atoms with Crippen molar-refractivity contribution in [3.63, 3.8) is 0 Å². The van der Waals surface area contributed by atoms with Crippen LogP contribution >= 0.6 is 11.6 Å². The molecule has 0 saturated carbocycles. The number of nitrogens with one attached hydrogen (secondary N) is 1. The maximum absolute atomic E-state index is 12.0. The summed E-state index contributed by atoms with van der Waals surface area (Å²) in [6, 6.07) is 7.90. The van der Waals surface area contributed by atoms with Crippen LogP contribution in [0.3, 0.4) is 0 Å². The van der Waals surface area contributed by atoms with Crippen molar-refractivity contribution >= 4 is 29.2 Å². The summed E-state index contributed by atoms with van der Waals surface area (Å²) in [6.07, 6.45) is 0.534. The Balaban J connectivity index is 1.92. The number of amides is 1. The molecule has 7 heteroatoms. The second-order valence-electron chi connectivity index (χ2n) is 4.58. The quantitative estimate of drug-likeness (QED) is 0.651. The van der Waals surface area contributed by atoms with Crippen LogP contribution in [0.2, 0.25) is 5.02 Å². The molecule has 0 spiro atoms. The number of ether oxygens (including phenoxy) is 1. The van der Waals surface area contributed by atoms with Gasteiger partial charge in [-0.05, 0) is 37.3 Å². The first-order valence-electron chi connectivity index (χ1n) is 6.53. The summed E-state index contributed by atoms with van der Waals surface area (Å²) < 4.78 is 10.2. The lowest BCUT2D eigenvalue weighted by atomic mass is 10.2. The lowest BCUT2D eigenvalue weighted by Gasteiger charge is -2.13. The van der Waals surface area contributed by atoms with Crippen LogP contribution in [0.1, 0.15) is 23.0 Å². The number of hydrogen-bond acceptors (Lipinski definition) is 5. The fraction of sp³-hybridized carbons (Fsp3) is 0.200. The van der Waals surface area contributed by atoms with Crippen molar-refractivity contribution in [1.29, 1.82) is 0 Å². The Hall–Kier alpha value is -2.47. The molecule has 6 nitrogen and oxygen atoms in total. The minimum Gasteiger partial charge on any atom is -0.467 e. The minimum atomic E-state index is -0.972. The van der Waals surface area contributed by atoms with E-state index in [1.807, 2.05) is 0 Å². The average Bonchev–Trinajstić information content (AvgIpc) is 3.00. The molecule has 1 aromatic carbocycles. The van der Waals surface area contributed by atoms with E-state index in [2.05, 4.69) is 5.32 Å². The van der Waals surface area contributed by atoms with Gasteiger partial charge in [-0.2, -0.15) is 0 Å². The predicted molar refractivity (Wildman–Crippen MR) is 81.3 cm³/mol. The monoisotopic (exact) mass is 322 g/mol. The van der Waals surface area contributed by atoms with E-state index < -0.39 is 18.0 Å². The summed E-state index contributed by atoms with van der Waals surface area (Å²) >= 11 is 5.91. The number of nitrogens with two attached hydrogens (primary N) is 1. The van der Waals surface area contributed by atoms with Gasteiger partial charge in [-0.1, -0.05) is 11.6 Å². The Morgan fingerprint density at radius 1 is 1.41 bits per heavy atom. The number of esters is 1. The smallest absolute Gasteiger partial charge is 0.340 e. The van der Waals surface area contributed by atoms with Gasteiger partial charge in [0.05, 0.1) is 23.4 Å². The first-order valence-corrected chi connectivity index (χ1v) is 6.91. The fourth-order valence-electron chi connectivity index (χ4n) is 1.71. The number of rotatable bonds is 5. The van der Waals surface area contributed by atoms with Gasteiger partial charge in [-0.15, -0.1) is 0 Å². The topological polar surface area (TPSA) is 94.6 Å². The van der Waals surface area contributed by atoms with Gasteiger partial charge in [0, 0.05) is 5.69 Å². The highest BCUT2D eigenvalue weighted by Crippen LogP contribution is 2.20. The van der Waals surface area contributed by atoms with E-state index in [1.54, 1.807) is 18.2 Å². The molecule has 1 atom stereocenters. The molecule has 1 amide bonds.